The van der Waals surface area contributed by atoms with Crippen molar-refractivity contribution in [2.45, 2.75) is 57.2 Å². The van der Waals surface area contributed by atoms with Gasteiger partial charge in [0, 0.05) is 37.6 Å². The minimum absolute atomic E-state index is 0.583. The highest BCUT2D eigenvalue weighted by atomic mass is 16.3. The van der Waals surface area contributed by atoms with Crippen molar-refractivity contribution < 1.29 is 4.42 Å². The number of nitrogens with one attached hydrogen (secondary N) is 1. The molecular weight excluding hydrogens is 224 g/mol. The summed E-state index contributed by atoms with van der Waals surface area (Å²) >= 11 is 0. The van der Waals surface area contributed by atoms with Crippen molar-refractivity contribution in [3.05, 3.63) is 24.2 Å². The molecule has 0 spiro atoms. The zero-order valence-electron chi connectivity index (χ0n) is 11.3. The Kier molecular flexibility index (Phi) is 3.71. The highest BCUT2D eigenvalue weighted by Crippen LogP contribution is 2.29. The van der Waals surface area contributed by atoms with Crippen LogP contribution in [0, 0.1) is 0 Å². The summed E-state index contributed by atoms with van der Waals surface area (Å²) in [7, 11) is 0. The molecule has 2 unspecified atom stereocenters. The van der Waals surface area contributed by atoms with E-state index < -0.39 is 0 Å². The van der Waals surface area contributed by atoms with Gasteiger partial charge in [0.05, 0.1) is 6.26 Å². The van der Waals surface area contributed by atoms with E-state index in [-0.39, 0.29) is 0 Å². The molecule has 1 aliphatic carbocycles. The summed E-state index contributed by atoms with van der Waals surface area (Å²) in [5.74, 6) is 1.11. The number of furan rings is 1. The number of rotatable bonds is 6. The van der Waals surface area contributed by atoms with E-state index >= 15 is 0 Å². The first kappa shape index (κ1) is 12.2. The van der Waals surface area contributed by atoms with Crippen LogP contribution < -0.4 is 5.32 Å². The lowest BCUT2D eigenvalue weighted by molar-refractivity contribution is 0.311. The van der Waals surface area contributed by atoms with Crippen molar-refractivity contribution in [1.29, 1.82) is 0 Å². The Morgan fingerprint density at radius 3 is 3.06 bits per heavy atom. The summed E-state index contributed by atoms with van der Waals surface area (Å²) in [5, 5.41) is 3.77. The highest BCUT2D eigenvalue weighted by Gasteiger charge is 2.34. The second kappa shape index (κ2) is 5.45. The first-order valence-corrected chi connectivity index (χ1v) is 7.34. The Morgan fingerprint density at radius 2 is 2.33 bits per heavy atom. The van der Waals surface area contributed by atoms with Crippen molar-refractivity contribution in [2.24, 2.45) is 0 Å². The van der Waals surface area contributed by atoms with E-state index in [1.165, 1.54) is 32.4 Å². The van der Waals surface area contributed by atoms with Crippen LogP contribution in [-0.2, 0) is 6.42 Å². The number of aryl methyl sites for hydroxylation is 1. The SMILES string of the molecule is CC(CCc1ccco1)NC1CCN(C2CC2)C1. The molecule has 1 aliphatic heterocycles. The summed E-state index contributed by atoms with van der Waals surface area (Å²) < 4.78 is 5.37. The normalized spacial score (nSPS) is 26.6. The average Bonchev–Trinajstić information content (AvgIpc) is 2.90. The van der Waals surface area contributed by atoms with Gasteiger partial charge < -0.3 is 9.73 Å². The van der Waals surface area contributed by atoms with Crippen LogP contribution in [0.2, 0.25) is 0 Å². The Morgan fingerprint density at radius 1 is 1.44 bits per heavy atom. The van der Waals surface area contributed by atoms with Crippen LogP contribution in [0.4, 0.5) is 0 Å². The molecular formula is C15H24N2O. The number of nitrogens with zero attached hydrogens (tertiary/aromatic N) is 1. The van der Waals surface area contributed by atoms with Crippen LogP contribution in [0.25, 0.3) is 0 Å². The minimum atomic E-state index is 0.583. The van der Waals surface area contributed by atoms with Gasteiger partial charge in [0.15, 0.2) is 0 Å². The summed E-state index contributed by atoms with van der Waals surface area (Å²) in [4.78, 5) is 2.66. The van der Waals surface area contributed by atoms with Gasteiger partial charge in [-0.25, -0.2) is 0 Å². The van der Waals surface area contributed by atoms with Gasteiger partial charge in [0.1, 0.15) is 5.76 Å². The first-order valence-electron chi connectivity index (χ1n) is 7.34. The Hall–Kier alpha value is -0.800. The number of likely N-dealkylation sites (tertiary alicyclic amines) is 1. The maximum atomic E-state index is 5.37. The van der Waals surface area contributed by atoms with Gasteiger partial charge in [-0.2, -0.15) is 0 Å². The van der Waals surface area contributed by atoms with Crippen LogP contribution >= 0.6 is 0 Å². The standard InChI is InChI=1S/C15H24N2O/c1-12(4-7-15-3-2-10-18-15)16-13-8-9-17(11-13)14-5-6-14/h2-3,10,12-14,16H,4-9,11H2,1H3. The third-order valence-corrected chi connectivity index (χ3v) is 4.21. The van der Waals surface area contributed by atoms with E-state index in [2.05, 4.69) is 23.2 Å². The quantitative estimate of drug-likeness (QED) is 0.838. The monoisotopic (exact) mass is 248 g/mol. The van der Waals surface area contributed by atoms with E-state index in [1.54, 1.807) is 6.26 Å². The van der Waals surface area contributed by atoms with Crippen molar-refractivity contribution in [2.75, 3.05) is 13.1 Å². The summed E-state index contributed by atoms with van der Waals surface area (Å²) in [6.45, 7) is 4.85. The highest BCUT2D eigenvalue weighted by molar-refractivity contribution is 4.98. The zero-order valence-corrected chi connectivity index (χ0v) is 11.3. The fourth-order valence-corrected chi connectivity index (χ4v) is 2.99. The minimum Gasteiger partial charge on any atom is -0.469 e. The van der Waals surface area contributed by atoms with E-state index in [0.717, 1.165) is 24.6 Å². The Balaban J connectivity index is 1.37. The van der Waals surface area contributed by atoms with Crippen LogP contribution in [0.5, 0.6) is 0 Å². The lowest BCUT2D eigenvalue weighted by Crippen LogP contribution is -2.39. The van der Waals surface area contributed by atoms with Gasteiger partial charge in [-0.05, 0) is 44.7 Å². The summed E-state index contributed by atoms with van der Waals surface area (Å²) in [5.41, 5.74) is 0. The molecule has 1 N–H and O–H groups in total. The molecule has 1 saturated carbocycles. The molecule has 1 aromatic rings. The fourth-order valence-electron chi connectivity index (χ4n) is 2.99. The van der Waals surface area contributed by atoms with Crippen LogP contribution in [0.1, 0.15) is 38.4 Å². The molecule has 3 heteroatoms. The Labute approximate surface area is 110 Å². The molecule has 100 valence electrons. The van der Waals surface area contributed by atoms with Gasteiger partial charge in [-0.15, -0.1) is 0 Å². The second-order valence-corrected chi connectivity index (χ2v) is 5.90. The molecule has 0 aromatic carbocycles. The van der Waals surface area contributed by atoms with Crippen molar-refractivity contribution in [3.8, 4) is 0 Å². The van der Waals surface area contributed by atoms with Crippen molar-refractivity contribution in [3.63, 3.8) is 0 Å². The molecule has 3 nitrogen and oxygen atoms in total. The van der Waals surface area contributed by atoms with Gasteiger partial charge in [0.2, 0.25) is 0 Å². The maximum absolute atomic E-state index is 5.37. The average molecular weight is 248 g/mol. The number of hydrogen-bond acceptors (Lipinski definition) is 3. The van der Waals surface area contributed by atoms with Crippen LogP contribution in [0.3, 0.4) is 0 Å². The Bertz CT molecular complexity index is 359. The topological polar surface area (TPSA) is 28.4 Å². The molecule has 1 saturated heterocycles. The van der Waals surface area contributed by atoms with E-state index in [0.29, 0.717) is 12.1 Å². The third-order valence-electron chi connectivity index (χ3n) is 4.21. The predicted octanol–water partition coefficient (Wildman–Crippen LogP) is 2.43. The maximum Gasteiger partial charge on any atom is 0.103 e. The van der Waals surface area contributed by atoms with E-state index in [9.17, 15) is 0 Å². The van der Waals surface area contributed by atoms with Gasteiger partial charge in [-0.3, -0.25) is 4.90 Å². The first-order chi connectivity index (χ1) is 8.81. The molecule has 1 aromatic heterocycles. The van der Waals surface area contributed by atoms with Gasteiger partial charge in [-0.1, -0.05) is 0 Å². The second-order valence-electron chi connectivity index (χ2n) is 5.90. The van der Waals surface area contributed by atoms with Crippen molar-refractivity contribution >= 4 is 0 Å². The fraction of sp³-hybridized carbons (Fsp3) is 0.733. The molecule has 2 fully saturated rings. The molecule has 0 radical (unpaired) electrons. The third kappa shape index (κ3) is 3.15. The van der Waals surface area contributed by atoms with E-state index in [4.69, 9.17) is 4.42 Å². The summed E-state index contributed by atoms with van der Waals surface area (Å²) in [6, 6.07) is 6.25. The summed E-state index contributed by atoms with van der Waals surface area (Å²) in [6.07, 6.45) is 8.15. The van der Waals surface area contributed by atoms with Gasteiger partial charge >= 0.3 is 0 Å². The molecule has 2 heterocycles. The van der Waals surface area contributed by atoms with Crippen LogP contribution in [-0.4, -0.2) is 36.1 Å². The molecule has 2 atom stereocenters. The van der Waals surface area contributed by atoms with Gasteiger partial charge in [0.25, 0.3) is 0 Å². The molecule has 0 amide bonds. The lowest BCUT2D eigenvalue weighted by atomic mass is 10.1. The molecule has 3 rings (SSSR count). The molecule has 18 heavy (non-hydrogen) atoms. The smallest absolute Gasteiger partial charge is 0.103 e. The zero-order chi connectivity index (χ0) is 12.4. The molecule has 0 bridgehead atoms. The molecule has 2 aliphatic rings. The lowest BCUT2D eigenvalue weighted by Gasteiger charge is -2.20. The van der Waals surface area contributed by atoms with Crippen LogP contribution in [0.15, 0.2) is 22.8 Å². The largest absolute Gasteiger partial charge is 0.469 e. The van der Waals surface area contributed by atoms with Crippen molar-refractivity contribution in [1.82, 2.24) is 10.2 Å². The van der Waals surface area contributed by atoms with E-state index in [1.807, 2.05) is 6.07 Å². The number of hydrogen-bond donors (Lipinski definition) is 1. The predicted molar refractivity (Wildman–Crippen MR) is 72.6 cm³/mol.